The molecule has 3 rings (SSSR count). The molecule has 0 N–H and O–H groups in total. The smallest absolute Gasteiger partial charge is 0.257 e. The van der Waals surface area contributed by atoms with E-state index in [9.17, 15) is 4.79 Å². The molecule has 1 amide bonds. The summed E-state index contributed by atoms with van der Waals surface area (Å²) in [6, 6.07) is 4.31. The summed E-state index contributed by atoms with van der Waals surface area (Å²) in [5.41, 5.74) is 2.16. The van der Waals surface area contributed by atoms with Gasteiger partial charge in [-0.25, -0.2) is 9.97 Å². The van der Waals surface area contributed by atoms with Crippen molar-refractivity contribution in [1.29, 1.82) is 0 Å². The molecule has 1 aliphatic rings. The highest BCUT2D eigenvalue weighted by Gasteiger charge is 2.24. The maximum atomic E-state index is 12.9. The Morgan fingerprint density at radius 3 is 2.76 bits per heavy atom. The van der Waals surface area contributed by atoms with Crippen LogP contribution in [0.5, 0.6) is 0 Å². The van der Waals surface area contributed by atoms with Gasteiger partial charge in [-0.1, -0.05) is 0 Å². The van der Waals surface area contributed by atoms with E-state index < -0.39 is 0 Å². The van der Waals surface area contributed by atoms with Crippen LogP contribution in [0, 0.1) is 6.92 Å². The second-order valence-electron chi connectivity index (χ2n) is 6.77. The van der Waals surface area contributed by atoms with Gasteiger partial charge in [-0.15, -0.1) is 0 Å². The second-order valence-corrected chi connectivity index (χ2v) is 6.77. The Bertz CT molecular complexity index is 732. The Labute approximate surface area is 148 Å². The Balaban J connectivity index is 1.76. The molecule has 1 fully saturated rings. The lowest BCUT2D eigenvalue weighted by atomic mass is 10.1. The van der Waals surface area contributed by atoms with Crippen molar-refractivity contribution in [2.45, 2.75) is 32.2 Å². The summed E-state index contributed by atoms with van der Waals surface area (Å²) in [4.78, 5) is 30.1. The summed E-state index contributed by atoms with van der Waals surface area (Å²) in [7, 11) is 4.22. The van der Waals surface area contributed by atoms with E-state index in [0.29, 0.717) is 23.1 Å². The molecular weight excluding hydrogens is 314 g/mol. The molecule has 6 heteroatoms. The zero-order valence-electron chi connectivity index (χ0n) is 15.1. The van der Waals surface area contributed by atoms with Gasteiger partial charge in [0.15, 0.2) is 5.82 Å². The van der Waals surface area contributed by atoms with E-state index in [0.717, 1.165) is 37.9 Å². The Hall–Kier alpha value is -2.34. The summed E-state index contributed by atoms with van der Waals surface area (Å²) >= 11 is 0. The molecule has 1 saturated heterocycles. The first-order valence-corrected chi connectivity index (χ1v) is 8.76. The Kier molecular flexibility index (Phi) is 5.38. The zero-order valence-corrected chi connectivity index (χ0v) is 15.1. The summed E-state index contributed by atoms with van der Waals surface area (Å²) in [6.07, 6.45) is 8.27. The number of rotatable bonds is 3. The van der Waals surface area contributed by atoms with Crippen LogP contribution in [0.15, 0.2) is 30.7 Å². The molecule has 0 bridgehead atoms. The first-order valence-electron chi connectivity index (χ1n) is 8.76. The highest BCUT2D eigenvalue weighted by Crippen LogP contribution is 2.19. The third-order valence-corrected chi connectivity index (χ3v) is 4.84. The number of aryl methyl sites for hydroxylation is 1. The highest BCUT2D eigenvalue weighted by molar-refractivity contribution is 5.95. The lowest BCUT2D eigenvalue weighted by Gasteiger charge is -2.23. The topological polar surface area (TPSA) is 62.2 Å². The first-order chi connectivity index (χ1) is 12.1. The molecule has 6 nitrogen and oxygen atoms in total. The standard InChI is InChI=1S/C19H25N5O/c1-14-17(13-21-18(22-14)15-6-4-9-20-12-15)19(25)24-10-5-7-16(8-11-24)23(2)3/h4,6,9,12-13,16H,5,7-8,10-11H2,1-3H3/t16-/m0/s1. The van der Waals surface area contributed by atoms with Crippen LogP contribution in [-0.4, -0.2) is 63.9 Å². The molecule has 3 heterocycles. The molecule has 2 aromatic rings. The van der Waals surface area contributed by atoms with Crippen LogP contribution in [0.1, 0.15) is 35.3 Å². The third kappa shape index (κ3) is 4.02. The van der Waals surface area contributed by atoms with E-state index >= 15 is 0 Å². The summed E-state index contributed by atoms with van der Waals surface area (Å²) in [5.74, 6) is 0.639. The predicted octanol–water partition coefficient (Wildman–Crippen LogP) is 2.40. The van der Waals surface area contributed by atoms with Gasteiger partial charge in [0.2, 0.25) is 0 Å². The van der Waals surface area contributed by atoms with Gasteiger partial charge in [0.05, 0.1) is 11.3 Å². The van der Waals surface area contributed by atoms with Crippen molar-refractivity contribution in [3.8, 4) is 11.4 Å². The molecule has 0 spiro atoms. The number of carbonyl (C=O) groups is 1. The van der Waals surface area contributed by atoms with Crippen LogP contribution in [0.2, 0.25) is 0 Å². The monoisotopic (exact) mass is 339 g/mol. The summed E-state index contributed by atoms with van der Waals surface area (Å²) < 4.78 is 0. The minimum atomic E-state index is 0.0367. The van der Waals surface area contributed by atoms with Crippen LogP contribution >= 0.6 is 0 Å². The predicted molar refractivity (Wildman–Crippen MR) is 97.2 cm³/mol. The Morgan fingerprint density at radius 1 is 1.24 bits per heavy atom. The van der Waals surface area contributed by atoms with Crippen molar-refractivity contribution in [2.75, 3.05) is 27.2 Å². The van der Waals surface area contributed by atoms with Crippen molar-refractivity contribution in [3.63, 3.8) is 0 Å². The van der Waals surface area contributed by atoms with Gasteiger partial charge >= 0.3 is 0 Å². The molecule has 2 aromatic heterocycles. The van der Waals surface area contributed by atoms with Crippen LogP contribution in [0.25, 0.3) is 11.4 Å². The Morgan fingerprint density at radius 2 is 2.08 bits per heavy atom. The maximum absolute atomic E-state index is 12.9. The number of likely N-dealkylation sites (tertiary alicyclic amines) is 1. The van der Waals surface area contributed by atoms with Crippen molar-refractivity contribution >= 4 is 5.91 Å². The summed E-state index contributed by atoms with van der Waals surface area (Å²) in [6.45, 7) is 3.45. The lowest BCUT2D eigenvalue weighted by molar-refractivity contribution is 0.0757. The van der Waals surface area contributed by atoms with Crippen molar-refractivity contribution in [2.24, 2.45) is 0 Å². The number of amides is 1. The van der Waals surface area contributed by atoms with Gasteiger partial charge in [-0.3, -0.25) is 9.78 Å². The lowest BCUT2D eigenvalue weighted by Crippen LogP contribution is -2.34. The first kappa shape index (κ1) is 17.5. The van der Waals surface area contributed by atoms with Crippen LogP contribution < -0.4 is 0 Å². The van der Waals surface area contributed by atoms with Crippen molar-refractivity contribution in [3.05, 3.63) is 42.0 Å². The highest BCUT2D eigenvalue weighted by atomic mass is 16.2. The van der Waals surface area contributed by atoms with E-state index in [-0.39, 0.29) is 5.91 Å². The van der Waals surface area contributed by atoms with E-state index in [1.807, 2.05) is 24.0 Å². The van der Waals surface area contributed by atoms with Gasteiger partial charge < -0.3 is 9.80 Å². The molecule has 0 saturated carbocycles. The van der Waals surface area contributed by atoms with E-state index in [1.54, 1.807) is 18.6 Å². The fourth-order valence-electron chi connectivity index (χ4n) is 3.28. The molecule has 132 valence electrons. The molecule has 25 heavy (non-hydrogen) atoms. The number of hydrogen-bond acceptors (Lipinski definition) is 5. The van der Waals surface area contributed by atoms with Crippen molar-refractivity contribution < 1.29 is 4.79 Å². The summed E-state index contributed by atoms with van der Waals surface area (Å²) in [5, 5.41) is 0. The molecule has 0 unspecified atom stereocenters. The average Bonchev–Trinajstić information content (AvgIpc) is 2.88. The zero-order chi connectivity index (χ0) is 17.8. The number of aromatic nitrogens is 3. The average molecular weight is 339 g/mol. The SMILES string of the molecule is Cc1nc(-c2cccnc2)ncc1C(=O)N1CCC[C@H](N(C)C)CC1. The van der Waals surface area contributed by atoms with Crippen LogP contribution in [0.4, 0.5) is 0 Å². The van der Waals surface area contributed by atoms with Crippen molar-refractivity contribution in [1.82, 2.24) is 24.8 Å². The van der Waals surface area contributed by atoms with Crippen LogP contribution in [-0.2, 0) is 0 Å². The van der Waals surface area contributed by atoms with Gasteiger partial charge in [0.25, 0.3) is 5.91 Å². The number of hydrogen-bond donors (Lipinski definition) is 0. The molecule has 1 atom stereocenters. The third-order valence-electron chi connectivity index (χ3n) is 4.84. The number of nitrogens with zero attached hydrogens (tertiary/aromatic N) is 5. The number of carbonyl (C=O) groups excluding carboxylic acids is 1. The van der Waals surface area contributed by atoms with Gasteiger partial charge in [0, 0.05) is 43.3 Å². The van der Waals surface area contributed by atoms with Crippen LogP contribution in [0.3, 0.4) is 0 Å². The maximum Gasteiger partial charge on any atom is 0.257 e. The van der Waals surface area contributed by atoms with Gasteiger partial charge in [-0.05, 0) is 52.4 Å². The minimum Gasteiger partial charge on any atom is -0.338 e. The van der Waals surface area contributed by atoms with E-state index in [4.69, 9.17) is 0 Å². The fraction of sp³-hybridized carbons (Fsp3) is 0.474. The molecule has 0 radical (unpaired) electrons. The molecule has 0 aromatic carbocycles. The molecular formula is C19H25N5O. The van der Waals surface area contributed by atoms with Gasteiger partial charge in [-0.2, -0.15) is 0 Å². The van der Waals surface area contributed by atoms with E-state index in [2.05, 4.69) is 33.9 Å². The molecule has 0 aliphatic carbocycles. The van der Waals surface area contributed by atoms with E-state index in [1.165, 1.54) is 0 Å². The molecule has 1 aliphatic heterocycles. The quantitative estimate of drug-likeness (QED) is 0.859. The fourth-order valence-corrected chi connectivity index (χ4v) is 3.28. The minimum absolute atomic E-state index is 0.0367. The normalized spacial score (nSPS) is 18.2. The second kappa shape index (κ2) is 7.70. The largest absolute Gasteiger partial charge is 0.338 e. The number of pyridine rings is 1. The van der Waals surface area contributed by atoms with Gasteiger partial charge in [0.1, 0.15) is 0 Å².